The molecule has 0 amide bonds. The van der Waals surface area contributed by atoms with Gasteiger partial charge in [-0.3, -0.25) is 0 Å². The first-order chi connectivity index (χ1) is 22.3. The van der Waals surface area contributed by atoms with Crippen LogP contribution in [0.1, 0.15) is 126 Å². The fourth-order valence-electron chi connectivity index (χ4n) is 6.72. The monoisotopic (exact) mass is 632 g/mol. The predicted octanol–water partition coefficient (Wildman–Crippen LogP) is 11.8. The van der Waals surface area contributed by atoms with Crippen molar-refractivity contribution < 1.29 is 18.9 Å². The first-order valence-corrected chi connectivity index (χ1v) is 17.7. The fraction of sp³-hybridized carbons (Fsp3) is 0.571. The smallest absolute Gasteiger partial charge is 0.126 e. The molecule has 0 heterocycles. The van der Waals surface area contributed by atoms with E-state index in [1.54, 1.807) is 28.4 Å². The highest BCUT2D eigenvalue weighted by Gasteiger charge is 2.23. The molecule has 0 radical (unpaired) electrons. The second kappa shape index (κ2) is 21.6. The Labute approximate surface area is 282 Å². The van der Waals surface area contributed by atoms with Gasteiger partial charge in [0.05, 0.1) is 28.4 Å². The van der Waals surface area contributed by atoms with Gasteiger partial charge in [0.15, 0.2) is 0 Å². The summed E-state index contributed by atoms with van der Waals surface area (Å²) in [5, 5.41) is 0. The number of ether oxygens (including phenoxy) is 4. The van der Waals surface area contributed by atoms with E-state index in [4.69, 9.17) is 18.9 Å². The highest BCUT2D eigenvalue weighted by atomic mass is 16.5. The van der Waals surface area contributed by atoms with Gasteiger partial charge >= 0.3 is 0 Å². The quantitative estimate of drug-likeness (QED) is 0.108. The van der Waals surface area contributed by atoms with Crippen molar-refractivity contribution in [1.82, 2.24) is 0 Å². The summed E-state index contributed by atoms with van der Waals surface area (Å²) >= 11 is 0. The lowest BCUT2D eigenvalue weighted by atomic mass is 9.87. The van der Waals surface area contributed by atoms with Gasteiger partial charge in [0, 0.05) is 11.1 Å². The molecule has 4 atom stereocenters. The number of allylic oxidation sites excluding steroid dienone is 4. The van der Waals surface area contributed by atoms with Gasteiger partial charge in [-0.1, -0.05) is 77.7 Å². The molecular weight excluding hydrogens is 568 g/mol. The summed E-state index contributed by atoms with van der Waals surface area (Å²) < 4.78 is 23.7. The second-order valence-electron chi connectivity index (χ2n) is 13.1. The highest BCUT2D eigenvalue weighted by molar-refractivity contribution is 5.51. The molecule has 2 aromatic carbocycles. The summed E-state index contributed by atoms with van der Waals surface area (Å²) in [5.74, 6) is 5.48. The minimum atomic E-state index is 0.360. The molecule has 0 bridgehead atoms. The summed E-state index contributed by atoms with van der Waals surface area (Å²) in [6.07, 6.45) is 21.5. The van der Waals surface area contributed by atoms with E-state index in [1.165, 1.54) is 47.9 Å². The Hall–Kier alpha value is -3.14. The summed E-state index contributed by atoms with van der Waals surface area (Å²) in [6.45, 7) is 17.1. The van der Waals surface area contributed by atoms with Gasteiger partial charge in [-0.15, -0.1) is 13.2 Å². The lowest BCUT2D eigenvalue weighted by Gasteiger charge is -2.23. The van der Waals surface area contributed by atoms with Gasteiger partial charge < -0.3 is 18.9 Å². The summed E-state index contributed by atoms with van der Waals surface area (Å²) in [6, 6.07) is 8.89. The zero-order valence-corrected chi connectivity index (χ0v) is 30.5. The van der Waals surface area contributed by atoms with Crippen LogP contribution in [0.3, 0.4) is 0 Å². The van der Waals surface area contributed by atoms with Gasteiger partial charge in [-0.05, 0) is 110 Å². The van der Waals surface area contributed by atoms with E-state index < -0.39 is 0 Å². The van der Waals surface area contributed by atoms with Crippen LogP contribution < -0.4 is 18.9 Å². The van der Waals surface area contributed by atoms with Gasteiger partial charge in [-0.25, -0.2) is 0 Å². The Morgan fingerprint density at radius 2 is 0.891 bits per heavy atom. The van der Waals surface area contributed by atoms with Crippen molar-refractivity contribution in [2.45, 2.75) is 117 Å². The van der Waals surface area contributed by atoms with Crippen LogP contribution in [0.2, 0.25) is 0 Å². The Bertz CT molecular complexity index is 1070. The highest BCUT2D eigenvalue weighted by Crippen LogP contribution is 2.42. The first-order valence-electron chi connectivity index (χ1n) is 17.7. The number of rotatable bonds is 24. The van der Waals surface area contributed by atoms with E-state index in [-0.39, 0.29) is 0 Å². The molecule has 0 fully saturated rings. The predicted molar refractivity (Wildman–Crippen MR) is 197 cm³/mol. The molecule has 0 saturated heterocycles. The molecule has 0 saturated carbocycles. The zero-order chi connectivity index (χ0) is 33.9. The lowest BCUT2D eigenvalue weighted by molar-refractivity contribution is 0.373. The minimum Gasteiger partial charge on any atom is -0.496 e. The Kier molecular flexibility index (Phi) is 18.3. The lowest BCUT2D eigenvalue weighted by Crippen LogP contribution is -2.07. The fourth-order valence-corrected chi connectivity index (χ4v) is 6.72. The normalized spacial score (nSPS) is 14.0. The van der Waals surface area contributed by atoms with Gasteiger partial charge in [-0.2, -0.15) is 0 Å². The molecule has 46 heavy (non-hydrogen) atoms. The van der Waals surface area contributed by atoms with E-state index in [0.717, 1.165) is 74.4 Å². The zero-order valence-electron chi connectivity index (χ0n) is 30.5. The third kappa shape index (κ3) is 11.9. The Balaban J connectivity index is 2.06. The average molecular weight is 633 g/mol. The van der Waals surface area contributed by atoms with E-state index in [2.05, 4.69) is 77.3 Å². The molecule has 0 N–H and O–H groups in total. The second-order valence-corrected chi connectivity index (χ2v) is 13.1. The van der Waals surface area contributed by atoms with E-state index >= 15 is 0 Å². The SMILES string of the molecule is C=CC[C@H](CCCC)c1c(OC)cc(C[C@@H](C)C/C=C\C[C@H](C)Cc2cc(OC)c([C@H](CC=C)CCCC)c(OC)c2)cc1OC. The van der Waals surface area contributed by atoms with E-state index in [1.807, 2.05) is 12.2 Å². The van der Waals surface area contributed by atoms with Gasteiger partial charge in [0.1, 0.15) is 23.0 Å². The summed E-state index contributed by atoms with van der Waals surface area (Å²) in [7, 11) is 7.09. The molecule has 4 nitrogen and oxygen atoms in total. The van der Waals surface area contributed by atoms with Crippen LogP contribution in [0.5, 0.6) is 23.0 Å². The van der Waals surface area contributed by atoms with Crippen molar-refractivity contribution in [2.24, 2.45) is 11.8 Å². The minimum absolute atomic E-state index is 0.360. The molecular formula is C42H64O4. The van der Waals surface area contributed by atoms with E-state index in [9.17, 15) is 0 Å². The van der Waals surface area contributed by atoms with Crippen LogP contribution in [0.15, 0.2) is 61.7 Å². The third-order valence-corrected chi connectivity index (χ3v) is 9.15. The van der Waals surface area contributed by atoms with Crippen LogP contribution in [0.25, 0.3) is 0 Å². The van der Waals surface area contributed by atoms with Crippen molar-refractivity contribution >= 4 is 0 Å². The Morgan fingerprint density at radius 3 is 1.15 bits per heavy atom. The first kappa shape index (κ1) is 39.0. The van der Waals surface area contributed by atoms with Gasteiger partial charge in [0.25, 0.3) is 0 Å². The molecule has 2 aromatic rings. The number of benzene rings is 2. The van der Waals surface area contributed by atoms with Crippen LogP contribution in [-0.2, 0) is 12.8 Å². The van der Waals surface area contributed by atoms with Crippen LogP contribution in [0.4, 0.5) is 0 Å². The molecule has 0 aromatic heterocycles. The largest absolute Gasteiger partial charge is 0.496 e. The van der Waals surface area contributed by atoms with Crippen molar-refractivity contribution in [2.75, 3.05) is 28.4 Å². The number of methoxy groups -OCH3 is 4. The van der Waals surface area contributed by atoms with Crippen molar-refractivity contribution in [3.05, 3.63) is 84.0 Å². The molecule has 0 unspecified atom stereocenters. The molecule has 0 spiro atoms. The van der Waals surface area contributed by atoms with Crippen LogP contribution in [0, 0.1) is 11.8 Å². The molecule has 256 valence electrons. The maximum Gasteiger partial charge on any atom is 0.126 e. The maximum absolute atomic E-state index is 5.92. The van der Waals surface area contributed by atoms with Crippen LogP contribution >= 0.6 is 0 Å². The topological polar surface area (TPSA) is 36.9 Å². The number of hydrogen-bond acceptors (Lipinski definition) is 4. The van der Waals surface area contributed by atoms with Crippen molar-refractivity contribution in [1.29, 1.82) is 0 Å². The summed E-state index contributed by atoms with van der Waals surface area (Å²) in [4.78, 5) is 0. The van der Waals surface area contributed by atoms with E-state index in [0.29, 0.717) is 23.7 Å². The summed E-state index contributed by atoms with van der Waals surface area (Å²) in [5.41, 5.74) is 4.88. The number of unbranched alkanes of at least 4 members (excludes halogenated alkanes) is 2. The van der Waals surface area contributed by atoms with Crippen molar-refractivity contribution in [3.63, 3.8) is 0 Å². The molecule has 2 rings (SSSR count). The molecule has 0 aliphatic rings. The standard InChI is InChI=1S/C42H64O4/c1-11-15-23-35(19-13-3)41-37(43-7)27-33(28-38(41)44-8)25-31(5)21-17-18-22-32(6)26-34-29-39(45-9)42(40(30-34)46-10)36(20-14-4)24-16-12-2/h13-14,17-18,27-32,35-36H,3-4,11-12,15-16,19-26H2,1-2,5-10H3/b18-17-/t31-,32-,35+,36+/m0/s1. The molecule has 0 aliphatic carbocycles. The molecule has 0 aliphatic heterocycles. The van der Waals surface area contributed by atoms with Crippen LogP contribution in [-0.4, -0.2) is 28.4 Å². The maximum atomic E-state index is 5.92. The Morgan fingerprint density at radius 1 is 0.565 bits per heavy atom. The average Bonchev–Trinajstić information content (AvgIpc) is 3.06. The third-order valence-electron chi connectivity index (χ3n) is 9.15. The molecule has 4 heteroatoms. The number of hydrogen-bond donors (Lipinski definition) is 0. The van der Waals surface area contributed by atoms with Crippen molar-refractivity contribution in [3.8, 4) is 23.0 Å². The van der Waals surface area contributed by atoms with Gasteiger partial charge in [0.2, 0.25) is 0 Å².